The van der Waals surface area contributed by atoms with Crippen LogP contribution >= 0.6 is 11.6 Å². The number of nitrogens with two attached hydrogens (primary N) is 1. The van der Waals surface area contributed by atoms with E-state index in [0.29, 0.717) is 11.6 Å². The van der Waals surface area contributed by atoms with Crippen molar-refractivity contribution in [1.82, 2.24) is 19.4 Å². The second-order valence-electron chi connectivity index (χ2n) is 9.94. The summed E-state index contributed by atoms with van der Waals surface area (Å²) >= 11 is 6.34. The largest absolute Gasteiger partial charge is 0.323 e. The van der Waals surface area contributed by atoms with Crippen molar-refractivity contribution in [3.8, 4) is 28.5 Å². The molecule has 0 spiro atoms. The highest BCUT2D eigenvalue weighted by Gasteiger charge is 2.24. The van der Waals surface area contributed by atoms with Crippen LogP contribution < -0.4 is 5.73 Å². The van der Waals surface area contributed by atoms with Gasteiger partial charge in [-0.05, 0) is 43.9 Å². The Hall–Kier alpha value is -3.83. The number of imidazole rings is 1. The zero-order valence-electron chi connectivity index (χ0n) is 22.3. The first-order valence-corrected chi connectivity index (χ1v) is 13.6. The normalized spacial score (nSPS) is 15.5. The van der Waals surface area contributed by atoms with Crippen molar-refractivity contribution in [2.24, 2.45) is 10.7 Å². The topological polar surface area (TPSA) is 96.1 Å². The number of nitrogens with zero attached hydrogens (tertiary/aromatic N) is 6. The molecule has 198 valence electrons. The molecule has 1 saturated heterocycles. The van der Waals surface area contributed by atoms with Crippen LogP contribution in [0, 0.1) is 11.3 Å². The minimum atomic E-state index is -0.146. The van der Waals surface area contributed by atoms with Gasteiger partial charge in [0.25, 0.3) is 0 Å². The van der Waals surface area contributed by atoms with E-state index >= 15 is 0 Å². The van der Waals surface area contributed by atoms with Crippen LogP contribution in [0.15, 0.2) is 72.0 Å². The van der Waals surface area contributed by atoms with E-state index in [2.05, 4.69) is 54.8 Å². The Morgan fingerprint density at radius 3 is 2.49 bits per heavy atom. The van der Waals surface area contributed by atoms with Crippen molar-refractivity contribution >= 4 is 23.6 Å². The highest BCUT2D eigenvalue weighted by atomic mass is 35.5. The molecule has 2 aromatic carbocycles. The van der Waals surface area contributed by atoms with Gasteiger partial charge in [0, 0.05) is 49.1 Å². The molecule has 0 saturated carbocycles. The third kappa shape index (κ3) is 5.79. The second-order valence-corrected chi connectivity index (χ2v) is 10.3. The highest BCUT2D eigenvalue weighted by Crippen LogP contribution is 2.35. The molecule has 7 nitrogen and oxygen atoms in total. The van der Waals surface area contributed by atoms with Crippen LogP contribution in [-0.4, -0.2) is 38.7 Å². The van der Waals surface area contributed by atoms with E-state index in [1.165, 1.54) is 5.56 Å². The molecule has 0 amide bonds. The summed E-state index contributed by atoms with van der Waals surface area (Å²) in [7, 11) is 0. The fraction of sp³-hybridized carbons (Fsp3) is 0.290. The molecule has 39 heavy (non-hydrogen) atoms. The minimum absolute atomic E-state index is 0.146. The van der Waals surface area contributed by atoms with Crippen LogP contribution in [0.1, 0.15) is 55.6 Å². The van der Waals surface area contributed by atoms with Gasteiger partial charge in [0.05, 0.1) is 17.6 Å². The van der Waals surface area contributed by atoms with E-state index in [9.17, 15) is 5.26 Å². The van der Waals surface area contributed by atoms with Gasteiger partial charge in [0.2, 0.25) is 0 Å². The Balaban J connectivity index is 1.29. The third-order valence-corrected chi connectivity index (χ3v) is 7.53. The first-order valence-electron chi connectivity index (χ1n) is 13.3. The van der Waals surface area contributed by atoms with Crippen LogP contribution in [0.5, 0.6) is 0 Å². The zero-order chi connectivity index (χ0) is 27.4. The van der Waals surface area contributed by atoms with Gasteiger partial charge >= 0.3 is 0 Å². The molecule has 0 radical (unpaired) electrons. The van der Waals surface area contributed by atoms with E-state index in [-0.39, 0.29) is 11.2 Å². The van der Waals surface area contributed by atoms with Gasteiger partial charge in [-0.3, -0.25) is 4.90 Å². The molecule has 1 fully saturated rings. The molecule has 2 N–H and O–H groups in total. The fourth-order valence-corrected chi connectivity index (χ4v) is 5.40. The predicted molar refractivity (Wildman–Crippen MR) is 157 cm³/mol. The molecule has 1 unspecified atom stereocenters. The van der Waals surface area contributed by atoms with Crippen molar-refractivity contribution in [3.63, 3.8) is 0 Å². The standard InChI is InChI=1S/C31H32ClN7/c1-3-35-31-28(21(2)34)36-20-39(31)26-13-15-38(16-14-26)19-22-9-11-24(12-10-22)29-27(23-7-5-4-6-8-23)17-25(18-33)30(32)37-29/h3-12,17,20-21,26H,13-16,19,34H2,1-2H3/b35-3-. The third-order valence-electron chi connectivity index (χ3n) is 7.24. The molecule has 3 heterocycles. The lowest BCUT2D eigenvalue weighted by molar-refractivity contribution is 0.180. The highest BCUT2D eigenvalue weighted by molar-refractivity contribution is 6.30. The summed E-state index contributed by atoms with van der Waals surface area (Å²) in [4.78, 5) is 16.2. The minimum Gasteiger partial charge on any atom is -0.323 e. The van der Waals surface area contributed by atoms with Gasteiger partial charge < -0.3 is 10.3 Å². The first kappa shape index (κ1) is 26.8. The molecule has 5 rings (SSSR count). The van der Waals surface area contributed by atoms with Crippen LogP contribution in [0.25, 0.3) is 22.4 Å². The smallest absolute Gasteiger partial charge is 0.157 e. The lowest BCUT2D eigenvalue weighted by atomic mass is 9.97. The number of hydrogen-bond donors (Lipinski definition) is 1. The number of halogens is 1. The average Bonchev–Trinajstić information content (AvgIpc) is 3.38. The molecule has 0 bridgehead atoms. The quantitative estimate of drug-likeness (QED) is 0.208. The molecular weight excluding hydrogens is 506 g/mol. The number of benzene rings is 2. The summed E-state index contributed by atoms with van der Waals surface area (Å²) in [6, 6.07) is 22.7. The summed E-state index contributed by atoms with van der Waals surface area (Å²) < 4.78 is 2.20. The second kappa shape index (κ2) is 11.9. The lowest BCUT2D eigenvalue weighted by Gasteiger charge is -2.33. The number of piperidine rings is 1. The van der Waals surface area contributed by atoms with Crippen molar-refractivity contribution in [2.45, 2.75) is 45.3 Å². The molecular formula is C31H32ClN7. The number of pyridine rings is 1. The number of nitriles is 1. The SMILES string of the molecule is C/C=N\c1c(C(C)N)ncn1C1CCN(Cc2ccc(-c3nc(Cl)c(C#N)cc3-c3ccccc3)cc2)CC1. The van der Waals surface area contributed by atoms with Crippen molar-refractivity contribution < 1.29 is 0 Å². The van der Waals surface area contributed by atoms with Gasteiger partial charge in [-0.15, -0.1) is 0 Å². The number of likely N-dealkylation sites (tertiary alicyclic amines) is 1. The Labute approximate surface area is 234 Å². The average molecular weight is 538 g/mol. The van der Waals surface area contributed by atoms with Crippen LogP contribution in [0.2, 0.25) is 5.15 Å². The van der Waals surface area contributed by atoms with Gasteiger partial charge in [-0.1, -0.05) is 66.2 Å². The zero-order valence-corrected chi connectivity index (χ0v) is 23.0. The maximum Gasteiger partial charge on any atom is 0.157 e. The van der Waals surface area contributed by atoms with Crippen molar-refractivity contribution in [1.29, 1.82) is 5.26 Å². The van der Waals surface area contributed by atoms with E-state index in [0.717, 1.165) is 66.4 Å². The van der Waals surface area contributed by atoms with Crippen LogP contribution in [-0.2, 0) is 6.54 Å². The molecule has 8 heteroatoms. The summed E-state index contributed by atoms with van der Waals surface area (Å²) in [5, 5.41) is 9.71. The Morgan fingerprint density at radius 1 is 1.13 bits per heavy atom. The summed E-state index contributed by atoms with van der Waals surface area (Å²) in [6.07, 6.45) is 5.77. The van der Waals surface area contributed by atoms with Gasteiger partial charge in [0.15, 0.2) is 5.82 Å². The molecule has 2 aromatic heterocycles. The van der Waals surface area contributed by atoms with Crippen molar-refractivity contribution in [3.05, 3.63) is 89.0 Å². The lowest BCUT2D eigenvalue weighted by Crippen LogP contribution is -2.34. The Bertz CT molecular complexity index is 1490. The number of aliphatic imine (C=N–C) groups is 1. The Kier molecular flexibility index (Phi) is 8.18. The molecule has 1 aliphatic rings. The fourth-order valence-electron chi connectivity index (χ4n) is 5.22. The predicted octanol–water partition coefficient (Wildman–Crippen LogP) is 6.72. The van der Waals surface area contributed by atoms with E-state index < -0.39 is 0 Å². The monoisotopic (exact) mass is 537 g/mol. The maximum absolute atomic E-state index is 9.49. The molecule has 1 atom stereocenters. The summed E-state index contributed by atoms with van der Waals surface area (Å²) in [5.74, 6) is 0.882. The van der Waals surface area contributed by atoms with Gasteiger partial charge in [-0.25, -0.2) is 15.0 Å². The number of hydrogen-bond acceptors (Lipinski definition) is 6. The van der Waals surface area contributed by atoms with Crippen LogP contribution in [0.3, 0.4) is 0 Å². The van der Waals surface area contributed by atoms with E-state index in [4.69, 9.17) is 17.3 Å². The van der Waals surface area contributed by atoms with Crippen LogP contribution in [0.4, 0.5) is 5.82 Å². The Morgan fingerprint density at radius 2 is 1.85 bits per heavy atom. The summed E-state index contributed by atoms with van der Waals surface area (Å²) in [5.41, 5.74) is 12.2. The van der Waals surface area contributed by atoms with Gasteiger partial charge in [-0.2, -0.15) is 5.26 Å². The number of aromatic nitrogens is 3. The van der Waals surface area contributed by atoms with Gasteiger partial charge in [0.1, 0.15) is 16.9 Å². The maximum atomic E-state index is 9.49. The van der Waals surface area contributed by atoms with Crippen molar-refractivity contribution in [2.75, 3.05) is 13.1 Å². The summed E-state index contributed by atoms with van der Waals surface area (Å²) in [6.45, 7) is 6.75. The molecule has 4 aromatic rings. The molecule has 0 aliphatic carbocycles. The molecule has 1 aliphatic heterocycles. The van der Waals surface area contributed by atoms with E-state index in [1.807, 2.05) is 62.8 Å². The van der Waals surface area contributed by atoms with E-state index in [1.54, 1.807) is 0 Å². The number of rotatable bonds is 7. The first-order chi connectivity index (χ1) is 19.0.